The first-order chi connectivity index (χ1) is 10.2. The van der Waals surface area contributed by atoms with Gasteiger partial charge in [-0.3, -0.25) is 0 Å². The van der Waals surface area contributed by atoms with Crippen LogP contribution in [0.5, 0.6) is 0 Å². The number of aliphatic hydroxyl groups is 1. The van der Waals surface area contributed by atoms with Crippen molar-refractivity contribution in [1.82, 2.24) is 14.9 Å². The van der Waals surface area contributed by atoms with Gasteiger partial charge in [0.05, 0.1) is 32.3 Å². The lowest BCUT2D eigenvalue weighted by atomic mass is 10.3. The molecule has 2 N–H and O–H groups in total. The standard InChI is InChI=1S/C15H29N3O3/c1-3-4-7-20-8-9-21-12-15(19)10-17-14(2)11-18-6-5-16-13-18/h5-6,13-15,17,19H,3-4,7-12H2,1-2H3. The number of imidazole rings is 1. The summed E-state index contributed by atoms with van der Waals surface area (Å²) in [5, 5.41) is 13.1. The smallest absolute Gasteiger partial charge is 0.0946 e. The van der Waals surface area contributed by atoms with E-state index in [2.05, 4.69) is 24.1 Å². The van der Waals surface area contributed by atoms with Crippen LogP contribution in [0.3, 0.4) is 0 Å². The van der Waals surface area contributed by atoms with Crippen molar-refractivity contribution in [3.05, 3.63) is 18.7 Å². The normalized spacial score (nSPS) is 14.2. The van der Waals surface area contributed by atoms with Crippen LogP contribution in [-0.2, 0) is 16.0 Å². The average molecular weight is 299 g/mol. The van der Waals surface area contributed by atoms with E-state index in [1.165, 1.54) is 0 Å². The molecule has 6 heteroatoms. The average Bonchev–Trinajstić information content (AvgIpc) is 2.97. The minimum atomic E-state index is -0.495. The zero-order valence-corrected chi connectivity index (χ0v) is 13.2. The second-order valence-corrected chi connectivity index (χ2v) is 5.26. The van der Waals surface area contributed by atoms with E-state index in [0.717, 1.165) is 26.0 Å². The van der Waals surface area contributed by atoms with Gasteiger partial charge in [-0.25, -0.2) is 4.98 Å². The van der Waals surface area contributed by atoms with E-state index < -0.39 is 6.10 Å². The Morgan fingerprint density at radius 2 is 2.10 bits per heavy atom. The third-order valence-corrected chi connectivity index (χ3v) is 3.07. The molecule has 21 heavy (non-hydrogen) atoms. The van der Waals surface area contributed by atoms with Crippen LogP contribution in [0.15, 0.2) is 18.7 Å². The molecule has 122 valence electrons. The van der Waals surface area contributed by atoms with Crippen molar-refractivity contribution in [2.75, 3.05) is 33.0 Å². The molecule has 1 heterocycles. The summed E-state index contributed by atoms with van der Waals surface area (Å²) < 4.78 is 12.8. The highest BCUT2D eigenvalue weighted by Gasteiger charge is 2.07. The number of nitrogens with zero attached hydrogens (tertiary/aromatic N) is 2. The molecule has 0 radical (unpaired) electrons. The van der Waals surface area contributed by atoms with Crippen LogP contribution in [-0.4, -0.2) is 59.8 Å². The first kappa shape index (κ1) is 18.1. The fourth-order valence-corrected chi connectivity index (χ4v) is 1.86. The molecule has 0 saturated heterocycles. The molecule has 1 aromatic heterocycles. The van der Waals surface area contributed by atoms with Crippen molar-refractivity contribution >= 4 is 0 Å². The molecule has 0 aliphatic rings. The molecule has 2 atom stereocenters. The van der Waals surface area contributed by atoms with E-state index in [1.54, 1.807) is 12.5 Å². The van der Waals surface area contributed by atoms with Crippen LogP contribution < -0.4 is 5.32 Å². The lowest BCUT2D eigenvalue weighted by Crippen LogP contribution is -2.38. The molecule has 0 aliphatic carbocycles. The third kappa shape index (κ3) is 9.57. The molecule has 1 aromatic rings. The van der Waals surface area contributed by atoms with Gasteiger partial charge in [-0.05, 0) is 13.3 Å². The molecule has 6 nitrogen and oxygen atoms in total. The highest BCUT2D eigenvalue weighted by atomic mass is 16.5. The quantitative estimate of drug-likeness (QED) is 0.533. The predicted octanol–water partition coefficient (Wildman–Crippen LogP) is 1.06. The van der Waals surface area contributed by atoms with Gasteiger partial charge in [0.2, 0.25) is 0 Å². The molecule has 2 unspecified atom stereocenters. The van der Waals surface area contributed by atoms with Gasteiger partial charge in [0.25, 0.3) is 0 Å². The minimum Gasteiger partial charge on any atom is -0.389 e. The van der Waals surface area contributed by atoms with Gasteiger partial charge in [0.15, 0.2) is 0 Å². The highest BCUT2D eigenvalue weighted by molar-refractivity contribution is 4.76. The SMILES string of the molecule is CCCCOCCOCC(O)CNC(C)Cn1ccnc1. The van der Waals surface area contributed by atoms with Crippen LogP contribution >= 0.6 is 0 Å². The zero-order valence-electron chi connectivity index (χ0n) is 13.2. The second kappa shape index (κ2) is 11.7. The van der Waals surface area contributed by atoms with Gasteiger partial charge in [-0.2, -0.15) is 0 Å². The van der Waals surface area contributed by atoms with E-state index in [0.29, 0.717) is 26.4 Å². The maximum absolute atomic E-state index is 9.82. The monoisotopic (exact) mass is 299 g/mol. The van der Waals surface area contributed by atoms with Crippen molar-refractivity contribution < 1.29 is 14.6 Å². The summed E-state index contributed by atoms with van der Waals surface area (Å²) in [7, 11) is 0. The maximum atomic E-state index is 9.82. The van der Waals surface area contributed by atoms with Crippen molar-refractivity contribution in [1.29, 1.82) is 0 Å². The summed E-state index contributed by atoms with van der Waals surface area (Å²) in [6.45, 7) is 7.82. The third-order valence-electron chi connectivity index (χ3n) is 3.07. The fourth-order valence-electron chi connectivity index (χ4n) is 1.86. The van der Waals surface area contributed by atoms with Gasteiger partial charge in [-0.1, -0.05) is 13.3 Å². The Hall–Kier alpha value is -0.950. The number of rotatable bonds is 13. The number of ether oxygens (including phenoxy) is 2. The van der Waals surface area contributed by atoms with Gasteiger partial charge < -0.3 is 24.5 Å². The van der Waals surface area contributed by atoms with E-state index in [-0.39, 0.29) is 6.04 Å². The van der Waals surface area contributed by atoms with E-state index in [1.807, 2.05) is 10.8 Å². The van der Waals surface area contributed by atoms with Crippen LogP contribution in [0.1, 0.15) is 26.7 Å². The molecule has 1 rings (SSSR count). The first-order valence-electron chi connectivity index (χ1n) is 7.75. The van der Waals surface area contributed by atoms with Gasteiger partial charge >= 0.3 is 0 Å². The van der Waals surface area contributed by atoms with E-state index >= 15 is 0 Å². The largest absolute Gasteiger partial charge is 0.389 e. The van der Waals surface area contributed by atoms with Crippen molar-refractivity contribution in [2.24, 2.45) is 0 Å². The maximum Gasteiger partial charge on any atom is 0.0946 e. The Bertz CT molecular complexity index is 333. The van der Waals surface area contributed by atoms with Crippen LogP contribution in [0.25, 0.3) is 0 Å². The summed E-state index contributed by atoms with van der Waals surface area (Å²) in [5.74, 6) is 0. The van der Waals surface area contributed by atoms with Crippen LogP contribution in [0, 0.1) is 0 Å². The molecule has 0 fully saturated rings. The molecule has 0 saturated carbocycles. The molecular formula is C15H29N3O3. The number of aromatic nitrogens is 2. The zero-order chi connectivity index (χ0) is 15.3. The summed E-state index contributed by atoms with van der Waals surface area (Å²) in [4.78, 5) is 4.00. The van der Waals surface area contributed by atoms with Gasteiger partial charge in [-0.15, -0.1) is 0 Å². The number of aliphatic hydroxyl groups excluding tert-OH is 1. The van der Waals surface area contributed by atoms with Crippen LogP contribution in [0.2, 0.25) is 0 Å². The Labute approximate surface area is 127 Å². The second-order valence-electron chi connectivity index (χ2n) is 5.26. The van der Waals surface area contributed by atoms with Crippen LogP contribution in [0.4, 0.5) is 0 Å². The molecule has 0 amide bonds. The Morgan fingerprint density at radius 3 is 2.81 bits per heavy atom. The number of nitrogens with one attached hydrogen (secondary N) is 1. The fraction of sp³-hybridized carbons (Fsp3) is 0.800. The topological polar surface area (TPSA) is 68.5 Å². The molecule has 0 aliphatic heterocycles. The van der Waals surface area contributed by atoms with E-state index in [9.17, 15) is 5.11 Å². The molecule has 0 aromatic carbocycles. The molecule has 0 spiro atoms. The molecule has 0 bridgehead atoms. The highest BCUT2D eigenvalue weighted by Crippen LogP contribution is 1.93. The van der Waals surface area contributed by atoms with Crippen molar-refractivity contribution in [2.45, 2.75) is 45.4 Å². The predicted molar refractivity (Wildman–Crippen MR) is 82.2 cm³/mol. The van der Waals surface area contributed by atoms with Crippen molar-refractivity contribution in [3.8, 4) is 0 Å². The summed E-state index contributed by atoms with van der Waals surface area (Å²) >= 11 is 0. The number of unbranched alkanes of at least 4 members (excludes halogenated alkanes) is 1. The Morgan fingerprint density at radius 1 is 1.29 bits per heavy atom. The lowest BCUT2D eigenvalue weighted by Gasteiger charge is -2.17. The first-order valence-corrected chi connectivity index (χ1v) is 7.75. The van der Waals surface area contributed by atoms with Crippen molar-refractivity contribution in [3.63, 3.8) is 0 Å². The van der Waals surface area contributed by atoms with Gasteiger partial charge in [0.1, 0.15) is 0 Å². The lowest BCUT2D eigenvalue weighted by molar-refractivity contribution is 0.00321. The summed E-state index contributed by atoms with van der Waals surface area (Å²) in [6, 6.07) is 0.270. The number of hydrogen-bond donors (Lipinski definition) is 2. The molecular weight excluding hydrogens is 270 g/mol. The number of hydrogen-bond acceptors (Lipinski definition) is 5. The van der Waals surface area contributed by atoms with Gasteiger partial charge in [0, 0.05) is 38.1 Å². The summed E-state index contributed by atoms with van der Waals surface area (Å²) in [6.07, 6.45) is 7.21. The Balaban J connectivity index is 1.94. The van der Waals surface area contributed by atoms with E-state index in [4.69, 9.17) is 9.47 Å². The summed E-state index contributed by atoms with van der Waals surface area (Å²) in [5.41, 5.74) is 0. The minimum absolute atomic E-state index is 0.270. The Kier molecular flexibility index (Phi) is 10.1.